The van der Waals surface area contributed by atoms with Crippen LogP contribution in [0.1, 0.15) is 23.1 Å². The molecule has 0 radical (unpaired) electrons. The van der Waals surface area contributed by atoms with Gasteiger partial charge in [0, 0.05) is 25.2 Å². The van der Waals surface area contributed by atoms with Gasteiger partial charge in [0.2, 0.25) is 0 Å². The SMILES string of the molecule is O=C(NCCc1ccc2c(c1)NCCC2)Nc1cccc2c1OCC2. The number of carbonyl (C=O) groups excluding carboxylic acids is 1. The monoisotopic (exact) mass is 337 g/mol. The van der Waals surface area contributed by atoms with Crippen LogP contribution >= 0.6 is 0 Å². The van der Waals surface area contributed by atoms with E-state index in [2.05, 4.69) is 34.1 Å². The van der Waals surface area contributed by atoms with Crippen molar-refractivity contribution in [2.75, 3.05) is 30.3 Å². The van der Waals surface area contributed by atoms with Gasteiger partial charge in [-0.3, -0.25) is 0 Å². The van der Waals surface area contributed by atoms with Crippen LogP contribution in [0.15, 0.2) is 36.4 Å². The molecule has 2 aliphatic rings. The van der Waals surface area contributed by atoms with Crippen molar-refractivity contribution < 1.29 is 9.53 Å². The van der Waals surface area contributed by atoms with Crippen LogP contribution in [-0.2, 0) is 19.3 Å². The van der Waals surface area contributed by atoms with Gasteiger partial charge >= 0.3 is 6.03 Å². The quantitative estimate of drug-likeness (QED) is 0.802. The molecule has 3 N–H and O–H groups in total. The Labute approximate surface area is 147 Å². The largest absolute Gasteiger partial charge is 0.491 e. The number of anilines is 2. The summed E-state index contributed by atoms with van der Waals surface area (Å²) in [5.41, 5.74) is 5.76. The minimum atomic E-state index is -0.194. The molecule has 0 saturated heterocycles. The predicted molar refractivity (Wildman–Crippen MR) is 99.6 cm³/mol. The summed E-state index contributed by atoms with van der Waals surface area (Å²) in [5, 5.41) is 9.26. The molecule has 2 aliphatic heterocycles. The fraction of sp³-hybridized carbons (Fsp3) is 0.350. The number of rotatable bonds is 4. The van der Waals surface area contributed by atoms with Gasteiger partial charge in [0.05, 0.1) is 12.3 Å². The molecule has 0 spiro atoms. The van der Waals surface area contributed by atoms with Crippen LogP contribution in [-0.4, -0.2) is 25.7 Å². The standard InChI is InChI=1S/C20H23N3O2/c24-20(23-17-5-1-3-16-9-12-25-19(16)17)22-11-8-14-6-7-15-4-2-10-21-18(15)13-14/h1,3,5-7,13,21H,2,4,8-12H2,(H2,22,23,24). The summed E-state index contributed by atoms with van der Waals surface area (Å²) in [6, 6.07) is 12.2. The van der Waals surface area contributed by atoms with E-state index in [0.717, 1.165) is 42.8 Å². The van der Waals surface area contributed by atoms with Crippen molar-refractivity contribution in [3.8, 4) is 5.75 Å². The van der Waals surface area contributed by atoms with E-state index in [1.807, 2.05) is 18.2 Å². The number of para-hydroxylation sites is 1. The Balaban J connectivity index is 1.30. The normalized spacial score (nSPS) is 14.7. The summed E-state index contributed by atoms with van der Waals surface area (Å²) in [6.07, 6.45) is 4.05. The zero-order valence-corrected chi connectivity index (χ0v) is 14.2. The van der Waals surface area contributed by atoms with Crippen LogP contribution in [0, 0.1) is 0 Å². The zero-order valence-electron chi connectivity index (χ0n) is 14.2. The fourth-order valence-corrected chi connectivity index (χ4v) is 3.46. The number of aryl methyl sites for hydroxylation is 1. The van der Waals surface area contributed by atoms with Crippen molar-refractivity contribution >= 4 is 17.4 Å². The average Bonchev–Trinajstić information content (AvgIpc) is 3.11. The van der Waals surface area contributed by atoms with Gasteiger partial charge in [-0.15, -0.1) is 0 Å². The van der Waals surface area contributed by atoms with E-state index in [0.29, 0.717) is 13.2 Å². The first-order chi connectivity index (χ1) is 12.3. The second-order valence-electron chi connectivity index (χ2n) is 6.55. The van der Waals surface area contributed by atoms with Crippen molar-refractivity contribution in [1.29, 1.82) is 0 Å². The lowest BCUT2D eigenvalue weighted by Crippen LogP contribution is -2.30. The molecule has 0 bridgehead atoms. The highest BCUT2D eigenvalue weighted by atomic mass is 16.5. The lowest BCUT2D eigenvalue weighted by molar-refractivity contribution is 0.252. The molecule has 2 aromatic rings. The third-order valence-electron chi connectivity index (χ3n) is 4.77. The minimum Gasteiger partial charge on any atom is -0.491 e. The Kier molecular flexibility index (Phi) is 4.46. The lowest BCUT2D eigenvalue weighted by atomic mass is 10.0. The summed E-state index contributed by atoms with van der Waals surface area (Å²) in [7, 11) is 0. The van der Waals surface area contributed by atoms with Gasteiger partial charge in [0.15, 0.2) is 0 Å². The molecule has 0 fully saturated rings. The number of nitrogens with one attached hydrogen (secondary N) is 3. The number of fused-ring (bicyclic) bond motifs is 2. The van der Waals surface area contributed by atoms with E-state index in [1.54, 1.807) is 0 Å². The maximum Gasteiger partial charge on any atom is 0.319 e. The Hall–Kier alpha value is -2.69. The van der Waals surface area contributed by atoms with Gasteiger partial charge in [-0.05, 0) is 48.1 Å². The Morgan fingerprint density at radius 1 is 1.16 bits per heavy atom. The molecule has 0 atom stereocenters. The van der Waals surface area contributed by atoms with Gasteiger partial charge < -0.3 is 20.7 Å². The topological polar surface area (TPSA) is 62.4 Å². The number of benzene rings is 2. The van der Waals surface area contributed by atoms with Gasteiger partial charge in [-0.2, -0.15) is 0 Å². The van der Waals surface area contributed by atoms with E-state index >= 15 is 0 Å². The molecule has 4 rings (SSSR count). The van der Waals surface area contributed by atoms with E-state index in [9.17, 15) is 4.79 Å². The Morgan fingerprint density at radius 3 is 3.08 bits per heavy atom. The van der Waals surface area contributed by atoms with Crippen molar-refractivity contribution in [3.63, 3.8) is 0 Å². The van der Waals surface area contributed by atoms with Crippen LogP contribution < -0.4 is 20.7 Å². The zero-order chi connectivity index (χ0) is 17.1. The molecule has 2 heterocycles. The van der Waals surface area contributed by atoms with Crippen LogP contribution in [0.4, 0.5) is 16.2 Å². The van der Waals surface area contributed by atoms with E-state index < -0.39 is 0 Å². The Bertz CT molecular complexity index is 789. The molecular weight excluding hydrogens is 314 g/mol. The summed E-state index contributed by atoms with van der Waals surface area (Å²) in [6.45, 7) is 2.32. The molecule has 0 aliphatic carbocycles. The molecule has 5 heteroatoms. The second-order valence-corrected chi connectivity index (χ2v) is 6.55. The van der Waals surface area contributed by atoms with Crippen molar-refractivity contribution in [2.45, 2.75) is 25.7 Å². The summed E-state index contributed by atoms with van der Waals surface area (Å²) >= 11 is 0. The fourth-order valence-electron chi connectivity index (χ4n) is 3.46. The molecule has 2 amide bonds. The molecule has 5 nitrogen and oxygen atoms in total. The van der Waals surface area contributed by atoms with Crippen LogP contribution in [0.5, 0.6) is 5.75 Å². The smallest absolute Gasteiger partial charge is 0.319 e. The number of hydrogen-bond acceptors (Lipinski definition) is 3. The highest BCUT2D eigenvalue weighted by molar-refractivity contribution is 5.91. The van der Waals surface area contributed by atoms with E-state index in [4.69, 9.17) is 4.74 Å². The molecule has 0 unspecified atom stereocenters. The number of urea groups is 1. The Morgan fingerprint density at radius 2 is 2.12 bits per heavy atom. The van der Waals surface area contributed by atoms with Crippen LogP contribution in [0.3, 0.4) is 0 Å². The summed E-state index contributed by atoms with van der Waals surface area (Å²) in [5.74, 6) is 0.804. The van der Waals surface area contributed by atoms with Crippen molar-refractivity contribution in [3.05, 3.63) is 53.1 Å². The van der Waals surface area contributed by atoms with E-state index in [1.165, 1.54) is 23.2 Å². The molecule has 130 valence electrons. The van der Waals surface area contributed by atoms with Gasteiger partial charge in [0.25, 0.3) is 0 Å². The minimum absolute atomic E-state index is 0.194. The molecule has 0 saturated carbocycles. The summed E-state index contributed by atoms with van der Waals surface area (Å²) in [4.78, 5) is 12.1. The third-order valence-corrected chi connectivity index (χ3v) is 4.77. The number of hydrogen-bond donors (Lipinski definition) is 3. The number of carbonyl (C=O) groups is 1. The number of amides is 2. The molecule has 25 heavy (non-hydrogen) atoms. The maximum atomic E-state index is 12.1. The molecule has 0 aromatic heterocycles. The van der Waals surface area contributed by atoms with Gasteiger partial charge in [0.1, 0.15) is 5.75 Å². The highest BCUT2D eigenvalue weighted by Gasteiger charge is 2.17. The average molecular weight is 337 g/mol. The number of ether oxygens (including phenoxy) is 1. The van der Waals surface area contributed by atoms with Gasteiger partial charge in [-0.25, -0.2) is 4.79 Å². The van der Waals surface area contributed by atoms with Gasteiger partial charge in [-0.1, -0.05) is 24.3 Å². The predicted octanol–water partition coefficient (Wildman–Crippen LogP) is 3.34. The van der Waals surface area contributed by atoms with Crippen molar-refractivity contribution in [2.24, 2.45) is 0 Å². The summed E-state index contributed by atoms with van der Waals surface area (Å²) < 4.78 is 5.61. The first-order valence-electron chi connectivity index (χ1n) is 8.95. The van der Waals surface area contributed by atoms with Crippen LogP contribution in [0.2, 0.25) is 0 Å². The molecule has 2 aromatic carbocycles. The van der Waals surface area contributed by atoms with E-state index in [-0.39, 0.29) is 6.03 Å². The lowest BCUT2D eigenvalue weighted by Gasteiger charge is -2.18. The highest BCUT2D eigenvalue weighted by Crippen LogP contribution is 2.33. The first kappa shape index (κ1) is 15.8. The maximum absolute atomic E-state index is 12.1. The first-order valence-corrected chi connectivity index (χ1v) is 8.95. The van der Waals surface area contributed by atoms with Crippen LogP contribution in [0.25, 0.3) is 0 Å². The van der Waals surface area contributed by atoms with Crippen molar-refractivity contribution in [1.82, 2.24) is 5.32 Å². The third kappa shape index (κ3) is 3.55. The molecular formula is C20H23N3O2. The second kappa shape index (κ2) is 7.05.